The van der Waals surface area contributed by atoms with E-state index in [0.717, 1.165) is 24.2 Å². The van der Waals surface area contributed by atoms with Crippen LogP contribution in [0.4, 0.5) is 30.2 Å². The van der Waals surface area contributed by atoms with Crippen molar-refractivity contribution in [3.05, 3.63) is 116 Å². The summed E-state index contributed by atoms with van der Waals surface area (Å²) < 4.78 is 47.4. The third kappa shape index (κ3) is 6.32. The van der Waals surface area contributed by atoms with E-state index in [4.69, 9.17) is 4.74 Å². The van der Waals surface area contributed by atoms with Crippen molar-refractivity contribution in [3.8, 4) is 5.75 Å². The summed E-state index contributed by atoms with van der Waals surface area (Å²) in [6, 6.07) is 19.5. The van der Waals surface area contributed by atoms with Gasteiger partial charge in [0, 0.05) is 53.0 Å². The van der Waals surface area contributed by atoms with Crippen molar-refractivity contribution in [2.75, 3.05) is 35.7 Å². The molecule has 8 nitrogen and oxygen atoms in total. The molecule has 2 aliphatic rings. The summed E-state index contributed by atoms with van der Waals surface area (Å²) in [4.78, 5) is 41.5. The number of anilines is 3. The van der Waals surface area contributed by atoms with Crippen molar-refractivity contribution >= 4 is 44.8 Å². The summed E-state index contributed by atoms with van der Waals surface area (Å²) in [6.45, 7) is 1.79. The molecule has 3 aromatic carbocycles. The van der Waals surface area contributed by atoms with Crippen molar-refractivity contribution in [1.82, 2.24) is 4.57 Å². The molecule has 3 heterocycles. The first-order valence-electron chi connectivity index (χ1n) is 14.2. The minimum absolute atomic E-state index is 0.0115. The molecule has 45 heavy (non-hydrogen) atoms. The topological polar surface area (TPSA) is 92.7 Å². The monoisotopic (exact) mass is 680 g/mol. The zero-order valence-electron chi connectivity index (χ0n) is 24.0. The van der Waals surface area contributed by atoms with Gasteiger partial charge >= 0.3 is 6.18 Å². The van der Waals surface area contributed by atoms with Crippen LogP contribution < -0.4 is 25.8 Å². The Balaban J connectivity index is 1.34. The molecule has 1 fully saturated rings. The van der Waals surface area contributed by atoms with Crippen molar-refractivity contribution in [1.29, 1.82) is 0 Å². The Morgan fingerprint density at radius 1 is 0.911 bits per heavy atom. The molecule has 0 aliphatic carbocycles. The highest BCUT2D eigenvalue weighted by Gasteiger charge is 2.35. The second-order valence-electron chi connectivity index (χ2n) is 11.2. The van der Waals surface area contributed by atoms with E-state index < -0.39 is 23.6 Å². The van der Waals surface area contributed by atoms with Gasteiger partial charge in [0.25, 0.3) is 17.4 Å². The van der Waals surface area contributed by atoms with Gasteiger partial charge in [0.15, 0.2) is 0 Å². The van der Waals surface area contributed by atoms with Crippen LogP contribution in [0, 0.1) is 5.92 Å². The maximum atomic E-state index is 13.6. The number of benzene rings is 3. The van der Waals surface area contributed by atoms with Crippen molar-refractivity contribution < 1.29 is 27.5 Å². The molecule has 232 valence electrons. The van der Waals surface area contributed by atoms with Crippen LogP contribution in [0.1, 0.15) is 44.3 Å². The molecule has 12 heteroatoms. The predicted molar refractivity (Wildman–Crippen MR) is 168 cm³/mol. The fourth-order valence-corrected chi connectivity index (χ4v) is 6.54. The van der Waals surface area contributed by atoms with Gasteiger partial charge in [-0.25, -0.2) is 0 Å². The van der Waals surface area contributed by atoms with Gasteiger partial charge in [0.1, 0.15) is 5.75 Å². The van der Waals surface area contributed by atoms with Crippen molar-refractivity contribution in [2.24, 2.45) is 5.92 Å². The molecule has 1 aromatic heterocycles. The molecule has 2 bridgehead atoms. The second-order valence-corrected chi connectivity index (χ2v) is 12.0. The molecule has 0 spiro atoms. The Morgan fingerprint density at radius 2 is 1.71 bits per heavy atom. The molecule has 0 radical (unpaired) electrons. The first-order chi connectivity index (χ1) is 21.5. The highest BCUT2D eigenvalue weighted by Crippen LogP contribution is 2.40. The smallest absolute Gasteiger partial charge is 0.416 e. The molecule has 0 saturated carbocycles. The van der Waals surface area contributed by atoms with Crippen LogP contribution in [0.25, 0.3) is 0 Å². The number of fused-ring (bicyclic) bond motifs is 4. The van der Waals surface area contributed by atoms with Gasteiger partial charge in [-0.15, -0.1) is 0 Å². The SMILES string of the molecule is COc1ccc(Br)c(C(=O)Nc2cc(C(=O)Nc3cccc(C(F)(F)F)c3)ccc2N2C[C@H]3C[C@@H](C2)c2cccc(=O)n2C3)c1. The van der Waals surface area contributed by atoms with E-state index in [1.807, 2.05) is 10.6 Å². The number of halogens is 4. The molecule has 2 aliphatic heterocycles. The number of pyridine rings is 1. The standard InChI is InChI=1S/C33H28BrF3N4O4/c1-45-24-9-10-26(34)25(15-24)32(44)39-27-13-20(31(43)38-23-5-2-4-22(14-23)33(35,36)37)8-11-29(27)40-16-19-12-21(18-40)28-6-3-7-30(42)41(28)17-19/h2-11,13-15,19,21H,12,16-18H2,1H3,(H,38,43)(H,39,44)/t19-,21+/m1/s1. The van der Waals surface area contributed by atoms with Crippen molar-refractivity contribution in [3.63, 3.8) is 0 Å². The summed E-state index contributed by atoms with van der Waals surface area (Å²) in [7, 11) is 1.50. The number of ether oxygens (including phenoxy) is 1. The Hall–Kier alpha value is -4.58. The first kappa shape index (κ1) is 30.4. The van der Waals surface area contributed by atoms with Gasteiger partial charge < -0.3 is 24.8 Å². The molecule has 2 atom stereocenters. The number of methoxy groups -OCH3 is 1. The van der Waals surface area contributed by atoms with Crippen LogP contribution in [-0.4, -0.2) is 36.6 Å². The number of hydrogen-bond acceptors (Lipinski definition) is 5. The van der Waals surface area contributed by atoms with E-state index in [2.05, 4.69) is 31.5 Å². The molecular formula is C33H28BrF3N4O4. The van der Waals surface area contributed by atoms with Crippen LogP contribution in [0.5, 0.6) is 5.75 Å². The van der Waals surface area contributed by atoms with E-state index in [9.17, 15) is 27.6 Å². The molecule has 0 unspecified atom stereocenters. The van der Waals surface area contributed by atoms with Crippen LogP contribution in [0.3, 0.4) is 0 Å². The van der Waals surface area contributed by atoms with Gasteiger partial charge in [-0.2, -0.15) is 13.2 Å². The van der Waals surface area contributed by atoms with Crippen LogP contribution in [0.15, 0.2) is 88.1 Å². The summed E-state index contributed by atoms with van der Waals surface area (Å²) in [5, 5.41) is 5.48. The van der Waals surface area contributed by atoms with Gasteiger partial charge in [-0.1, -0.05) is 12.1 Å². The quantitative estimate of drug-likeness (QED) is 0.235. The lowest BCUT2D eigenvalue weighted by molar-refractivity contribution is -0.137. The highest BCUT2D eigenvalue weighted by molar-refractivity contribution is 9.10. The number of hydrogen-bond donors (Lipinski definition) is 2. The fourth-order valence-electron chi connectivity index (χ4n) is 6.12. The van der Waals surface area contributed by atoms with E-state index in [1.54, 1.807) is 42.5 Å². The van der Waals surface area contributed by atoms with E-state index in [1.165, 1.54) is 25.3 Å². The van der Waals surface area contributed by atoms with Gasteiger partial charge in [0.2, 0.25) is 0 Å². The maximum absolute atomic E-state index is 13.6. The first-order valence-corrected chi connectivity index (χ1v) is 15.0. The van der Waals surface area contributed by atoms with Gasteiger partial charge in [0.05, 0.1) is 29.6 Å². The van der Waals surface area contributed by atoms with Gasteiger partial charge in [-0.3, -0.25) is 14.4 Å². The average Bonchev–Trinajstić information content (AvgIpc) is 3.01. The average molecular weight is 682 g/mol. The number of piperidine rings is 1. The minimum atomic E-state index is -4.56. The zero-order chi connectivity index (χ0) is 31.9. The number of amides is 2. The number of alkyl halides is 3. The molecule has 4 aromatic rings. The maximum Gasteiger partial charge on any atom is 0.416 e. The van der Waals surface area contributed by atoms with E-state index in [0.29, 0.717) is 46.8 Å². The van der Waals surface area contributed by atoms with E-state index in [-0.39, 0.29) is 28.6 Å². The van der Waals surface area contributed by atoms with Crippen LogP contribution in [0.2, 0.25) is 0 Å². The normalized spacial score (nSPS) is 17.3. The molecular weight excluding hydrogens is 653 g/mol. The fraction of sp³-hybridized carbons (Fsp3) is 0.242. The third-order valence-corrected chi connectivity index (χ3v) is 8.88. The number of aromatic nitrogens is 1. The largest absolute Gasteiger partial charge is 0.497 e. The number of carbonyl (C=O) groups is 2. The Bertz CT molecular complexity index is 1860. The minimum Gasteiger partial charge on any atom is -0.497 e. The third-order valence-electron chi connectivity index (χ3n) is 8.19. The Labute approximate surface area is 264 Å². The van der Waals surface area contributed by atoms with Crippen LogP contribution >= 0.6 is 15.9 Å². The molecule has 2 amide bonds. The Kier molecular flexibility index (Phi) is 8.17. The molecule has 1 saturated heterocycles. The number of carbonyl (C=O) groups excluding carboxylic acids is 2. The van der Waals surface area contributed by atoms with E-state index >= 15 is 0 Å². The Morgan fingerprint density at radius 3 is 2.49 bits per heavy atom. The summed E-state index contributed by atoms with van der Waals surface area (Å²) >= 11 is 3.42. The lowest BCUT2D eigenvalue weighted by Gasteiger charge is -2.44. The highest BCUT2D eigenvalue weighted by atomic mass is 79.9. The van der Waals surface area contributed by atoms with Gasteiger partial charge in [-0.05, 0) is 88.9 Å². The summed E-state index contributed by atoms with van der Waals surface area (Å²) in [5.74, 6) is -0.326. The molecule has 2 N–H and O–H groups in total. The molecule has 6 rings (SSSR count). The predicted octanol–water partition coefficient (Wildman–Crippen LogP) is 6.77. The van der Waals surface area contributed by atoms with Crippen molar-refractivity contribution in [2.45, 2.75) is 25.1 Å². The number of nitrogens with one attached hydrogen (secondary N) is 2. The number of rotatable bonds is 6. The van der Waals surface area contributed by atoms with Crippen LogP contribution in [-0.2, 0) is 12.7 Å². The zero-order valence-corrected chi connectivity index (χ0v) is 25.6. The summed E-state index contributed by atoms with van der Waals surface area (Å²) in [6.07, 6.45) is -3.63. The summed E-state index contributed by atoms with van der Waals surface area (Å²) in [5.41, 5.74) is 1.54. The number of nitrogens with zero attached hydrogens (tertiary/aromatic N) is 2. The lowest BCUT2D eigenvalue weighted by atomic mass is 9.83. The second kappa shape index (κ2) is 12.1. The lowest BCUT2D eigenvalue weighted by Crippen LogP contribution is -2.47.